The monoisotopic (exact) mass is 480 g/mol. The van der Waals surface area contributed by atoms with Gasteiger partial charge in [0.15, 0.2) is 0 Å². The van der Waals surface area contributed by atoms with Gasteiger partial charge in [-0.15, -0.1) is 12.4 Å². The minimum atomic E-state index is -0.688. The Hall–Kier alpha value is -1.87. The van der Waals surface area contributed by atoms with Gasteiger partial charge in [0.05, 0.1) is 22.7 Å². The molecule has 184 valence electrons. The van der Waals surface area contributed by atoms with Crippen LogP contribution in [0.4, 0.5) is 4.79 Å². The van der Waals surface area contributed by atoms with Crippen molar-refractivity contribution in [3.8, 4) is 0 Å². The maximum atomic E-state index is 12.9. The van der Waals surface area contributed by atoms with E-state index in [2.05, 4.69) is 10.2 Å². The van der Waals surface area contributed by atoms with Gasteiger partial charge in [0, 0.05) is 19.1 Å². The quantitative estimate of drug-likeness (QED) is 0.611. The number of hydrogen-bond donors (Lipinski definition) is 3. The molecule has 1 saturated carbocycles. The number of carbonyl (C=O) groups excluding carboxylic acids is 1. The van der Waals surface area contributed by atoms with E-state index in [0.29, 0.717) is 50.2 Å². The molecule has 1 aliphatic carbocycles. The van der Waals surface area contributed by atoms with E-state index in [-0.39, 0.29) is 36.3 Å². The van der Waals surface area contributed by atoms with E-state index in [1.807, 2.05) is 38.1 Å². The van der Waals surface area contributed by atoms with Gasteiger partial charge in [-0.2, -0.15) is 0 Å². The van der Waals surface area contributed by atoms with E-state index in [0.717, 1.165) is 31.4 Å². The number of imidazole rings is 1. The van der Waals surface area contributed by atoms with Gasteiger partial charge in [0.25, 0.3) is 0 Å². The van der Waals surface area contributed by atoms with Crippen molar-refractivity contribution in [2.24, 2.45) is 5.92 Å². The fraction of sp³-hybridized carbons (Fsp3) is 0.667. The van der Waals surface area contributed by atoms with Crippen molar-refractivity contribution in [1.82, 2.24) is 19.4 Å². The van der Waals surface area contributed by atoms with Gasteiger partial charge in [-0.3, -0.25) is 4.57 Å². The van der Waals surface area contributed by atoms with Gasteiger partial charge in [-0.1, -0.05) is 12.1 Å². The van der Waals surface area contributed by atoms with Crippen LogP contribution in [-0.2, 0) is 0 Å². The number of rotatable bonds is 5. The lowest BCUT2D eigenvalue weighted by Gasteiger charge is -2.40. The van der Waals surface area contributed by atoms with Crippen LogP contribution in [0.15, 0.2) is 29.1 Å². The molecule has 2 aromatic rings. The predicted molar refractivity (Wildman–Crippen MR) is 131 cm³/mol. The van der Waals surface area contributed by atoms with E-state index in [9.17, 15) is 19.8 Å². The van der Waals surface area contributed by atoms with Crippen LogP contribution in [0.3, 0.4) is 0 Å². The molecule has 2 aliphatic rings. The predicted octanol–water partition coefficient (Wildman–Crippen LogP) is 2.74. The van der Waals surface area contributed by atoms with E-state index >= 15 is 0 Å². The highest BCUT2D eigenvalue weighted by atomic mass is 35.5. The van der Waals surface area contributed by atoms with Crippen LogP contribution in [0, 0.1) is 5.92 Å². The molecule has 1 saturated heterocycles. The Kier molecular flexibility index (Phi) is 8.26. The minimum Gasteiger partial charge on any atom is -0.393 e. The molecular formula is C24H37ClN4O4. The standard InChI is InChI=1S/C24H36N4O4.ClH/c1-17(2)27-20-5-3-4-6-21(20)28(23(27)31)22(30)25-15-18-9-13-26(14-10-18)16-24(32)11-7-19(29)8-12-24;/h3-6,17-19,29,32H,7-16H2,1-2H3,(H,25,30);1H/t19-,24+;. The number of hydrogen-bond acceptors (Lipinski definition) is 5. The number of aliphatic hydroxyl groups is 2. The topological polar surface area (TPSA) is 99.7 Å². The largest absolute Gasteiger partial charge is 0.393 e. The number of benzene rings is 1. The van der Waals surface area contributed by atoms with Crippen molar-refractivity contribution < 1.29 is 15.0 Å². The van der Waals surface area contributed by atoms with E-state index in [4.69, 9.17) is 0 Å². The van der Waals surface area contributed by atoms with Crippen LogP contribution in [0.5, 0.6) is 0 Å². The van der Waals surface area contributed by atoms with Gasteiger partial charge in [0.2, 0.25) is 0 Å². The number of fused-ring (bicyclic) bond motifs is 1. The summed E-state index contributed by atoms with van der Waals surface area (Å²) < 4.78 is 2.90. The molecule has 1 aromatic carbocycles. The summed E-state index contributed by atoms with van der Waals surface area (Å²) in [5.41, 5.74) is 0.402. The maximum Gasteiger partial charge on any atom is 0.337 e. The van der Waals surface area contributed by atoms with Crippen LogP contribution in [0.2, 0.25) is 0 Å². The van der Waals surface area contributed by atoms with Gasteiger partial charge < -0.3 is 20.4 Å². The number of nitrogens with zero attached hydrogens (tertiary/aromatic N) is 3. The first-order valence-corrected chi connectivity index (χ1v) is 11.9. The van der Waals surface area contributed by atoms with Gasteiger partial charge in [0.1, 0.15) is 0 Å². The molecule has 8 nitrogen and oxygen atoms in total. The molecule has 1 amide bonds. The first-order valence-electron chi connectivity index (χ1n) is 11.9. The number of amides is 1. The number of nitrogens with one attached hydrogen (secondary N) is 1. The van der Waals surface area contributed by atoms with Gasteiger partial charge in [-0.25, -0.2) is 14.2 Å². The highest BCUT2D eigenvalue weighted by molar-refractivity contribution is 5.89. The number of halogens is 1. The summed E-state index contributed by atoms with van der Waals surface area (Å²) in [6, 6.07) is 6.99. The number of aromatic nitrogens is 2. The highest BCUT2D eigenvalue weighted by Gasteiger charge is 2.35. The summed E-state index contributed by atoms with van der Waals surface area (Å²) >= 11 is 0. The summed E-state index contributed by atoms with van der Waals surface area (Å²) in [5.74, 6) is 0.354. The Labute approximate surface area is 201 Å². The van der Waals surface area contributed by atoms with Crippen molar-refractivity contribution in [2.45, 2.75) is 70.1 Å². The molecule has 0 spiro atoms. The number of para-hydroxylation sites is 2. The number of carbonyl (C=O) groups is 1. The maximum absolute atomic E-state index is 12.9. The molecule has 2 fully saturated rings. The molecule has 4 rings (SSSR count). The normalized spacial score (nSPS) is 24.7. The Bertz CT molecular complexity index is 1000. The molecule has 0 bridgehead atoms. The summed E-state index contributed by atoms with van der Waals surface area (Å²) in [4.78, 5) is 28.2. The zero-order valence-corrected chi connectivity index (χ0v) is 20.4. The van der Waals surface area contributed by atoms with Gasteiger partial charge >= 0.3 is 11.7 Å². The molecule has 0 radical (unpaired) electrons. The molecule has 0 atom stereocenters. The molecule has 1 aromatic heterocycles. The first kappa shape index (κ1) is 25.7. The lowest BCUT2D eigenvalue weighted by molar-refractivity contribution is -0.0572. The molecule has 1 aliphatic heterocycles. The average Bonchev–Trinajstić information content (AvgIpc) is 3.07. The third-order valence-corrected chi connectivity index (χ3v) is 7.15. The number of aliphatic hydroxyl groups excluding tert-OH is 1. The molecule has 9 heteroatoms. The van der Waals surface area contributed by atoms with Crippen LogP contribution < -0.4 is 11.0 Å². The first-order chi connectivity index (χ1) is 15.3. The second kappa shape index (κ2) is 10.6. The molecule has 0 unspecified atom stereocenters. The summed E-state index contributed by atoms with van der Waals surface area (Å²) in [5, 5.41) is 23.5. The third-order valence-electron chi connectivity index (χ3n) is 7.15. The third kappa shape index (κ3) is 5.62. The van der Waals surface area contributed by atoms with Crippen molar-refractivity contribution in [1.29, 1.82) is 0 Å². The SMILES string of the molecule is CC(C)n1c(=O)n(C(=O)NCC2CCN(C[C@]3(O)CC[C@@H](O)CC3)CC2)c2ccccc21.Cl. The van der Waals surface area contributed by atoms with Crippen molar-refractivity contribution in [3.05, 3.63) is 34.7 Å². The van der Waals surface area contributed by atoms with E-state index in [1.165, 1.54) is 4.57 Å². The van der Waals surface area contributed by atoms with Gasteiger partial charge in [-0.05, 0) is 83.5 Å². The average molecular weight is 481 g/mol. The summed E-state index contributed by atoms with van der Waals surface area (Å²) in [7, 11) is 0. The number of piperidine rings is 1. The van der Waals surface area contributed by atoms with Crippen molar-refractivity contribution in [3.63, 3.8) is 0 Å². The van der Waals surface area contributed by atoms with Crippen LogP contribution in [-0.4, -0.2) is 68.2 Å². The zero-order valence-electron chi connectivity index (χ0n) is 19.6. The smallest absolute Gasteiger partial charge is 0.337 e. The fourth-order valence-electron chi connectivity index (χ4n) is 5.24. The second-order valence-electron chi connectivity index (χ2n) is 9.93. The van der Waals surface area contributed by atoms with Crippen molar-refractivity contribution in [2.75, 3.05) is 26.2 Å². The Morgan fingerprint density at radius 1 is 1.12 bits per heavy atom. The van der Waals surface area contributed by atoms with E-state index in [1.54, 1.807) is 4.57 Å². The summed E-state index contributed by atoms with van der Waals surface area (Å²) in [6.07, 6.45) is 4.28. The minimum absolute atomic E-state index is 0. The lowest BCUT2D eigenvalue weighted by Crippen LogP contribution is -2.49. The van der Waals surface area contributed by atoms with E-state index < -0.39 is 5.60 Å². The Morgan fingerprint density at radius 3 is 2.33 bits per heavy atom. The number of likely N-dealkylation sites (tertiary alicyclic amines) is 1. The van der Waals surface area contributed by atoms with Crippen LogP contribution >= 0.6 is 12.4 Å². The highest BCUT2D eigenvalue weighted by Crippen LogP contribution is 2.30. The molecule has 33 heavy (non-hydrogen) atoms. The number of β-amino-alcohol motifs (C(OH)–C–C–N with tert-alkyl or cyclic N) is 1. The lowest BCUT2D eigenvalue weighted by atomic mass is 9.82. The second-order valence-corrected chi connectivity index (χ2v) is 9.93. The molecular weight excluding hydrogens is 444 g/mol. The molecule has 2 heterocycles. The van der Waals surface area contributed by atoms with Crippen molar-refractivity contribution >= 4 is 29.5 Å². The molecule has 3 N–H and O–H groups in total. The van der Waals surface area contributed by atoms with Crippen LogP contribution in [0.1, 0.15) is 58.4 Å². The Morgan fingerprint density at radius 2 is 1.73 bits per heavy atom. The van der Waals surface area contributed by atoms with Crippen LogP contribution in [0.25, 0.3) is 11.0 Å². The fourth-order valence-corrected chi connectivity index (χ4v) is 5.24. The summed E-state index contributed by atoms with van der Waals surface area (Å²) in [6.45, 7) is 6.85. The zero-order chi connectivity index (χ0) is 22.9. The Balaban J connectivity index is 0.00000306.